The fourth-order valence-corrected chi connectivity index (χ4v) is 3.45. The molecular formula is C15H20N2O3. The van der Waals surface area contributed by atoms with Crippen molar-refractivity contribution in [3.8, 4) is 5.75 Å². The largest absolute Gasteiger partial charge is 0.497 e. The zero-order chi connectivity index (χ0) is 14.3. The van der Waals surface area contributed by atoms with E-state index >= 15 is 0 Å². The molecular weight excluding hydrogens is 256 g/mol. The topological polar surface area (TPSA) is 75.8 Å². The molecule has 0 bridgehead atoms. The summed E-state index contributed by atoms with van der Waals surface area (Å²) in [5, 5.41) is 9.92. The summed E-state index contributed by atoms with van der Waals surface area (Å²) in [7, 11) is 1.56. The van der Waals surface area contributed by atoms with E-state index in [9.17, 15) is 9.90 Å². The molecule has 2 fully saturated rings. The molecule has 3 atom stereocenters. The summed E-state index contributed by atoms with van der Waals surface area (Å²) in [6.07, 6.45) is 1.62. The van der Waals surface area contributed by atoms with E-state index < -0.39 is 0 Å². The van der Waals surface area contributed by atoms with Gasteiger partial charge in [0.05, 0.1) is 13.2 Å². The number of amides is 1. The number of aliphatic hydroxyl groups excluding tert-OH is 1. The van der Waals surface area contributed by atoms with E-state index in [4.69, 9.17) is 10.5 Å². The van der Waals surface area contributed by atoms with Crippen LogP contribution in [0.4, 0.5) is 5.69 Å². The Balaban J connectivity index is 1.78. The van der Waals surface area contributed by atoms with Gasteiger partial charge in [0, 0.05) is 36.3 Å². The van der Waals surface area contributed by atoms with Crippen molar-refractivity contribution in [1.82, 2.24) is 4.90 Å². The molecule has 2 aliphatic rings. The summed E-state index contributed by atoms with van der Waals surface area (Å²) in [4.78, 5) is 14.4. The number of nitrogen functional groups attached to an aromatic ring is 1. The number of nitrogens with two attached hydrogens (primary N) is 1. The highest BCUT2D eigenvalue weighted by Crippen LogP contribution is 2.38. The maximum absolute atomic E-state index is 12.5. The van der Waals surface area contributed by atoms with Crippen molar-refractivity contribution in [2.45, 2.75) is 18.9 Å². The minimum absolute atomic E-state index is 0.0304. The molecule has 0 radical (unpaired) electrons. The Morgan fingerprint density at radius 1 is 1.35 bits per heavy atom. The van der Waals surface area contributed by atoms with Crippen molar-refractivity contribution in [1.29, 1.82) is 0 Å². The van der Waals surface area contributed by atoms with Gasteiger partial charge in [-0.3, -0.25) is 4.79 Å². The number of ether oxygens (including phenoxy) is 1. The number of rotatable bonds is 2. The van der Waals surface area contributed by atoms with Crippen molar-refractivity contribution >= 4 is 11.6 Å². The lowest BCUT2D eigenvalue weighted by molar-refractivity contribution is 0.0752. The number of nitrogens with zero attached hydrogens (tertiary/aromatic N) is 1. The number of fused-ring (bicyclic) bond motifs is 1. The molecule has 1 saturated carbocycles. The molecule has 0 spiro atoms. The van der Waals surface area contributed by atoms with Gasteiger partial charge in [-0.2, -0.15) is 0 Å². The van der Waals surface area contributed by atoms with Gasteiger partial charge in [0.1, 0.15) is 5.75 Å². The number of hydrogen-bond donors (Lipinski definition) is 2. The van der Waals surface area contributed by atoms with Gasteiger partial charge in [-0.1, -0.05) is 0 Å². The van der Waals surface area contributed by atoms with Crippen LogP contribution in [-0.4, -0.2) is 42.2 Å². The van der Waals surface area contributed by atoms with Gasteiger partial charge in [-0.05, 0) is 30.9 Å². The molecule has 5 heteroatoms. The van der Waals surface area contributed by atoms with E-state index in [1.54, 1.807) is 25.3 Å². The Kier molecular flexibility index (Phi) is 3.30. The molecule has 1 aromatic carbocycles. The first-order valence-electron chi connectivity index (χ1n) is 7.00. The van der Waals surface area contributed by atoms with Crippen LogP contribution in [0.3, 0.4) is 0 Å². The van der Waals surface area contributed by atoms with Gasteiger partial charge in [0.2, 0.25) is 0 Å². The van der Waals surface area contributed by atoms with Crippen molar-refractivity contribution in [3.05, 3.63) is 23.8 Å². The van der Waals surface area contributed by atoms with Gasteiger partial charge in [-0.25, -0.2) is 0 Å². The lowest BCUT2D eigenvalue weighted by Crippen LogP contribution is -2.31. The Hall–Kier alpha value is -1.75. The third kappa shape index (κ3) is 2.22. The first-order valence-corrected chi connectivity index (χ1v) is 7.00. The number of benzene rings is 1. The molecule has 5 nitrogen and oxygen atoms in total. The minimum Gasteiger partial charge on any atom is -0.497 e. The Morgan fingerprint density at radius 3 is 2.85 bits per heavy atom. The maximum atomic E-state index is 12.5. The van der Waals surface area contributed by atoms with Crippen LogP contribution in [0.2, 0.25) is 0 Å². The fraction of sp³-hybridized carbons (Fsp3) is 0.533. The predicted octanol–water partition coefficient (Wildman–Crippen LogP) is 1.12. The third-order valence-electron chi connectivity index (χ3n) is 4.52. The minimum atomic E-state index is -0.256. The summed E-state index contributed by atoms with van der Waals surface area (Å²) in [5.41, 5.74) is 6.87. The summed E-state index contributed by atoms with van der Waals surface area (Å²) in [6.45, 7) is 1.37. The van der Waals surface area contributed by atoms with E-state index in [0.29, 0.717) is 29.5 Å². The SMILES string of the molecule is COc1cc(N)cc(C(=O)N2CC3CCC(O)C3C2)c1. The lowest BCUT2D eigenvalue weighted by Gasteiger charge is -2.19. The first kappa shape index (κ1) is 13.2. The Morgan fingerprint density at radius 2 is 2.15 bits per heavy atom. The number of methoxy groups -OCH3 is 1. The van der Waals surface area contributed by atoms with E-state index in [1.165, 1.54) is 0 Å². The number of likely N-dealkylation sites (tertiary alicyclic amines) is 1. The van der Waals surface area contributed by atoms with Crippen LogP contribution in [0, 0.1) is 11.8 Å². The van der Waals surface area contributed by atoms with Gasteiger partial charge in [0.25, 0.3) is 5.91 Å². The zero-order valence-electron chi connectivity index (χ0n) is 11.6. The van der Waals surface area contributed by atoms with E-state index in [2.05, 4.69) is 0 Å². The summed E-state index contributed by atoms with van der Waals surface area (Å²) in [5.74, 6) is 1.24. The van der Waals surface area contributed by atoms with Gasteiger partial charge >= 0.3 is 0 Å². The van der Waals surface area contributed by atoms with E-state index in [-0.39, 0.29) is 17.9 Å². The monoisotopic (exact) mass is 276 g/mol. The van der Waals surface area contributed by atoms with Crippen LogP contribution in [0.1, 0.15) is 23.2 Å². The van der Waals surface area contributed by atoms with Crippen molar-refractivity contribution < 1.29 is 14.6 Å². The number of hydrogen-bond acceptors (Lipinski definition) is 4. The van der Waals surface area contributed by atoms with E-state index in [1.807, 2.05) is 4.90 Å². The lowest BCUT2D eigenvalue weighted by atomic mass is 10.00. The summed E-state index contributed by atoms with van der Waals surface area (Å²) in [6, 6.07) is 5.08. The molecule has 1 aliphatic heterocycles. The molecule has 3 rings (SSSR count). The quantitative estimate of drug-likeness (QED) is 0.794. The van der Waals surface area contributed by atoms with Crippen molar-refractivity contribution in [3.63, 3.8) is 0 Å². The zero-order valence-corrected chi connectivity index (χ0v) is 11.6. The third-order valence-corrected chi connectivity index (χ3v) is 4.52. The summed E-state index contributed by atoms with van der Waals surface area (Å²) < 4.78 is 5.15. The second-order valence-electron chi connectivity index (χ2n) is 5.77. The number of aliphatic hydroxyl groups is 1. The molecule has 1 aliphatic carbocycles. The fourth-order valence-electron chi connectivity index (χ4n) is 3.45. The smallest absolute Gasteiger partial charge is 0.254 e. The van der Waals surface area contributed by atoms with Gasteiger partial charge in [0.15, 0.2) is 0 Å². The van der Waals surface area contributed by atoms with E-state index in [0.717, 1.165) is 19.4 Å². The summed E-state index contributed by atoms with van der Waals surface area (Å²) >= 11 is 0. The molecule has 1 amide bonds. The van der Waals surface area contributed by atoms with Crippen LogP contribution >= 0.6 is 0 Å². The van der Waals surface area contributed by atoms with Gasteiger partial charge in [-0.15, -0.1) is 0 Å². The van der Waals surface area contributed by atoms with Crippen molar-refractivity contribution in [2.24, 2.45) is 11.8 Å². The first-order chi connectivity index (χ1) is 9.58. The molecule has 1 aromatic rings. The van der Waals surface area contributed by atoms with Crippen molar-refractivity contribution in [2.75, 3.05) is 25.9 Å². The highest BCUT2D eigenvalue weighted by Gasteiger charge is 2.43. The second kappa shape index (κ2) is 4.98. The normalized spacial score (nSPS) is 28.5. The Labute approximate surface area is 118 Å². The molecule has 0 aromatic heterocycles. The molecule has 108 valence electrons. The number of carbonyl (C=O) groups is 1. The molecule has 1 heterocycles. The average molecular weight is 276 g/mol. The Bertz CT molecular complexity index is 532. The standard InChI is InChI=1S/C15H20N2O3/c1-20-12-5-10(4-11(16)6-12)15(19)17-7-9-2-3-14(18)13(9)8-17/h4-6,9,13-14,18H,2-3,7-8,16H2,1H3. The predicted molar refractivity (Wildman–Crippen MR) is 75.5 cm³/mol. The van der Waals surface area contributed by atoms with Crippen LogP contribution in [-0.2, 0) is 0 Å². The van der Waals surface area contributed by atoms with Gasteiger partial charge < -0.3 is 20.5 Å². The maximum Gasteiger partial charge on any atom is 0.254 e. The van der Waals surface area contributed by atoms with Crippen LogP contribution in [0.15, 0.2) is 18.2 Å². The average Bonchev–Trinajstić information content (AvgIpc) is 3.00. The molecule has 3 N–H and O–H groups in total. The van der Waals surface area contributed by atoms with Crippen LogP contribution in [0.25, 0.3) is 0 Å². The highest BCUT2D eigenvalue weighted by molar-refractivity contribution is 5.95. The van der Waals surface area contributed by atoms with Crippen LogP contribution in [0.5, 0.6) is 5.75 Å². The number of carbonyl (C=O) groups excluding carboxylic acids is 1. The molecule has 1 saturated heterocycles. The molecule has 3 unspecified atom stereocenters. The second-order valence-corrected chi connectivity index (χ2v) is 5.77. The van der Waals surface area contributed by atoms with Crippen LogP contribution < -0.4 is 10.5 Å². The highest BCUT2D eigenvalue weighted by atomic mass is 16.5. The molecule has 20 heavy (non-hydrogen) atoms. The number of anilines is 1.